The van der Waals surface area contributed by atoms with Gasteiger partial charge in [-0.25, -0.2) is 0 Å². The number of morpholine rings is 1. The summed E-state index contributed by atoms with van der Waals surface area (Å²) in [4.78, 5) is 6.95. The van der Waals surface area contributed by atoms with Gasteiger partial charge in [0.05, 0.1) is 18.9 Å². The molecule has 1 heterocycles. The van der Waals surface area contributed by atoms with Crippen LogP contribution in [0.4, 0.5) is 11.4 Å². The zero-order chi connectivity index (χ0) is 16.8. The third-order valence-corrected chi connectivity index (χ3v) is 4.71. The SMILES string of the molecule is CC[C@@H](C)c1ccc(N=Cc2ccc(N3CCOCC3)cc2)cc1. The van der Waals surface area contributed by atoms with Gasteiger partial charge < -0.3 is 9.64 Å². The van der Waals surface area contributed by atoms with Gasteiger partial charge in [-0.2, -0.15) is 0 Å². The summed E-state index contributed by atoms with van der Waals surface area (Å²) in [5, 5.41) is 0. The molecule has 126 valence electrons. The molecule has 0 aromatic heterocycles. The van der Waals surface area contributed by atoms with Gasteiger partial charge in [0.25, 0.3) is 0 Å². The fourth-order valence-electron chi connectivity index (χ4n) is 2.87. The van der Waals surface area contributed by atoms with E-state index in [9.17, 15) is 0 Å². The Morgan fingerprint density at radius 1 is 1.04 bits per heavy atom. The molecule has 1 saturated heterocycles. The Morgan fingerprint density at radius 3 is 2.33 bits per heavy atom. The highest BCUT2D eigenvalue weighted by Gasteiger charge is 2.10. The van der Waals surface area contributed by atoms with Gasteiger partial charge in [-0.05, 0) is 47.7 Å². The topological polar surface area (TPSA) is 24.8 Å². The first-order valence-electron chi connectivity index (χ1n) is 8.83. The summed E-state index contributed by atoms with van der Waals surface area (Å²) in [7, 11) is 0. The molecule has 1 aliphatic rings. The fourth-order valence-corrected chi connectivity index (χ4v) is 2.87. The number of aliphatic imine (C=N–C) groups is 1. The van der Waals surface area contributed by atoms with Crippen molar-refractivity contribution in [2.24, 2.45) is 4.99 Å². The van der Waals surface area contributed by atoms with E-state index in [0.717, 1.165) is 44.0 Å². The number of nitrogens with zero attached hydrogens (tertiary/aromatic N) is 2. The van der Waals surface area contributed by atoms with E-state index in [1.165, 1.54) is 11.3 Å². The third-order valence-electron chi connectivity index (χ3n) is 4.71. The van der Waals surface area contributed by atoms with Crippen molar-refractivity contribution in [2.45, 2.75) is 26.2 Å². The normalized spacial score (nSPS) is 16.5. The predicted octanol–water partition coefficient (Wildman–Crippen LogP) is 4.79. The van der Waals surface area contributed by atoms with Crippen LogP contribution in [0.2, 0.25) is 0 Å². The van der Waals surface area contributed by atoms with Gasteiger partial charge in [0.2, 0.25) is 0 Å². The van der Waals surface area contributed by atoms with E-state index >= 15 is 0 Å². The second kappa shape index (κ2) is 8.11. The monoisotopic (exact) mass is 322 g/mol. The van der Waals surface area contributed by atoms with Crippen molar-refractivity contribution in [1.29, 1.82) is 0 Å². The molecule has 2 aromatic carbocycles. The lowest BCUT2D eigenvalue weighted by Crippen LogP contribution is -2.36. The number of ether oxygens (including phenoxy) is 1. The largest absolute Gasteiger partial charge is 0.378 e. The van der Waals surface area contributed by atoms with Gasteiger partial charge in [-0.1, -0.05) is 38.1 Å². The maximum absolute atomic E-state index is 5.40. The molecule has 1 aliphatic heterocycles. The lowest BCUT2D eigenvalue weighted by Gasteiger charge is -2.28. The highest BCUT2D eigenvalue weighted by atomic mass is 16.5. The molecule has 24 heavy (non-hydrogen) atoms. The summed E-state index contributed by atoms with van der Waals surface area (Å²) in [6, 6.07) is 17.1. The summed E-state index contributed by atoms with van der Waals surface area (Å²) >= 11 is 0. The molecule has 3 nitrogen and oxygen atoms in total. The van der Waals surface area contributed by atoms with Crippen LogP contribution in [0.3, 0.4) is 0 Å². The minimum atomic E-state index is 0.607. The summed E-state index contributed by atoms with van der Waals surface area (Å²) in [5.74, 6) is 0.607. The van der Waals surface area contributed by atoms with Crippen LogP contribution in [0.25, 0.3) is 0 Å². The molecule has 0 bridgehead atoms. The fraction of sp³-hybridized carbons (Fsp3) is 0.381. The van der Waals surface area contributed by atoms with Crippen molar-refractivity contribution in [3.63, 3.8) is 0 Å². The van der Waals surface area contributed by atoms with E-state index in [1.54, 1.807) is 0 Å². The van der Waals surface area contributed by atoms with Crippen molar-refractivity contribution < 1.29 is 4.74 Å². The summed E-state index contributed by atoms with van der Waals surface area (Å²) in [5.41, 5.74) is 4.76. The van der Waals surface area contributed by atoms with Crippen LogP contribution in [-0.2, 0) is 4.74 Å². The minimum Gasteiger partial charge on any atom is -0.378 e. The molecule has 3 rings (SSSR count). The van der Waals surface area contributed by atoms with Crippen LogP contribution in [-0.4, -0.2) is 32.5 Å². The quantitative estimate of drug-likeness (QED) is 0.740. The van der Waals surface area contributed by atoms with E-state index < -0.39 is 0 Å². The van der Waals surface area contributed by atoms with Crippen molar-refractivity contribution >= 4 is 17.6 Å². The van der Waals surface area contributed by atoms with Crippen LogP contribution in [0.5, 0.6) is 0 Å². The van der Waals surface area contributed by atoms with E-state index in [0.29, 0.717) is 5.92 Å². The summed E-state index contributed by atoms with van der Waals surface area (Å²) in [6.07, 6.45) is 3.10. The Kier molecular flexibility index (Phi) is 5.65. The Hall–Kier alpha value is -2.13. The molecule has 1 fully saturated rings. The van der Waals surface area contributed by atoms with Crippen LogP contribution >= 0.6 is 0 Å². The van der Waals surface area contributed by atoms with Crippen molar-refractivity contribution in [3.8, 4) is 0 Å². The lowest BCUT2D eigenvalue weighted by atomic mass is 9.99. The Morgan fingerprint density at radius 2 is 1.71 bits per heavy atom. The molecular weight excluding hydrogens is 296 g/mol. The molecular formula is C21H26N2O. The zero-order valence-electron chi connectivity index (χ0n) is 14.6. The van der Waals surface area contributed by atoms with E-state index in [4.69, 9.17) is 4.74 Å². The first kappa shape index (κ1) is 16.7. The third kappa shape index (κ3) is 4.24. The van der Waals surface area contributed by atoms with Gasteiger partial charge in [-0.3, -0.25) is 4.99 Å². The van der Waals surface area contributed by atoms with Gasteiger partial charge in [0.15, 0.2) is 0 Å². The van der Waals surface area contributed by atoms with Gasteiger partial charge in [0, 0.05) is 25.0 Å². The molecule has 0 radical (unpaired) electrons. The molecule has 0 amide bonds. The molecule has 0 spiro atoms. The number of hydrogen-bond acceptors (Lipinski definition) is 3. The standard InChI is InChI=1S/C21H26N2O/c1-3-17(2)19-6-8-20(9-7-19)22-16-18-4-10-21(11-5-18)23-12-14-24-15-13-23/h4-11,16-17H,3,12-15H2,1-2H3/t17-/m1/s1. The maximum atomic E-state index is 5.40. The maximum Gasteiger partial charge on any atom is 0.0642 e. The molecule has 0 aliphatic carbocycles. The van der Waals surface area contributed by atoms with Gasteiger partial charge in [0.1, 0.15) is 0 Å². The van der Waals surface area contributed by atoms with Crippen LogP contribution in [0.1, 0.15) is 37.3 Å². The Bertz CT molecular complexity index is 655. The second-order valence-corrected chi connectivity index (χ2v) is 6.35. The molecule has 0 saturated carbocycles. The minimum absolute atomic E-state index is 0.607. The predicted molar refractivity (Wildman–Crippen MR) is 102 cm³/mol. The Labute approximate surface area is 145 Å². The van der Waals surface area contributed by atoms with Crippen molar-refractivity contribution in [1.82, 2.24) is 0 Å². The van der Waals surface area contributed by atoms with E-state index in [2.05, 4.69) is 72.3 Å². The number of benzene rings is 2. The molecule has 2 aromatic rings. The second-order valence-electron chi connectivity index (χ2n) is 6.35. The highest BCUT2D eigenvalue weighted by Crippen LogP contribution is 2.22. The number of anilines is 1. The Balaban J connectivity index is 1.63. The van der Waals surface area contributed by atoms with Crippen LogP contribution in [0, 0.1) is 0 Å². The number of rotatable bonds is 5. The molecule has 1 atom stereocenters. The molecule has 0 N–H and O–H groups in total. The van der Waals surface area contributed by atoms with Gasteiger partial charge >= 0.3 is 0 Å². The molecule has 3 heteroatoms. The van der Waals surface area contributed by atoms with Gasteiger partial charge in [-0.15, -0.1) is 0 Å². The van der Waals surface area contributed by atoms with Crippen molar-refractivity contribution in [2.75, 3.05) is 31.2 Å². The zero-order valence-corrected chi connectivity index (χ0v) is 14.6. The first-order valence-corrected chi connectivity index (χ1v) is 8.83. The molecule has 0 unspecified atom stereocenters. The van der Waals surface area contributed by atoms with Crippen LogP contribution in [0.15, 0.2) is 53.5 Å². The van der Waals surface area contributed by atoms with Crippen molar-refractivity contribution in [3.05, 3.63) is 59.7 Å². The summed E-state index contributed by atoms with van der Waals surface area (Å²) in [6.45, 7) is 8.04. The average molecular weight is 322 g/mol. The first-order chi connectivity index (χ1) is 11.8. The van der Waals surface area contributed by atoms with Crippen LogP contribution < -0.4 is 4.90 Å². The van der Waals surface area contributed by atoms with E-state index in [-0.39, 0.29) is 0 Å². The smallest absolute Gasteiger partial charge is 0.0642 e. The summed E-state index contributed by atoms with van der Waals surface area (Å²) < 4.78 is 5.40. The number of hydrogen-bond donors (Lipinski definition) is 0. The average Bonchev–Trinajstić information content (AvgIpc) is 2.67. The van der Waals surface area contributed by atoms with E-state index in [1.807, 2.05) is 6.21 Å². The highest BCUT2D eigenvalue weighted by molar-refractivity contribution is 5.82. The lowest BCUT2D eigenvalue weighted by molar-refractivity contribution is 0.122.